The molecule has 168 valence electrons. The molecule has 3 aromatic heterocycles. The van der Waals surface area contributed by atoms with E-state index in [1.807, 2.05) is 30.3 Å². The van der Waals surface area contributed by atoms with Crippen molar-refractivity contribution in [2.75, 3.05) is 14.1 Å². The summed E-state index contributed by atoms with van der Waals surface area (Å²) in [4.78, 5) is 40.7. The van der Waals surface area contributed by atoms with Crippen molar-refractivity contribution in [2.24, 2.45) is 0 Å². The Kier molecular flexibility index (Phi) is 5.43. The number of halogens is 1. The molecule has 5 rings (SSSR count). The van der Waals surface area contributed by atoms with Crippen LogP contribution in [-0.4, -0.2) is 49.0 Å². The molecule has 0 spiro atoms. The molecule has 0 N–H and O–H groups in total. The minimum absolute atomic E-state index is 0.201. The third kappa shape index (κ3) is 3.74. The predicted molar refractivity (Wildman–Crippen MR) is 131 cm³/mol. The van der Waals surface area contributed by atoms with E-state index in [-0.39, 0.29) is 11.5 Å². The maximum atomic E-state index is 13.4. The lowest BCUT2D eigenvalue weighted by Gasteiger charge is -2.15. The standard InChI is InChI=1S/C25H19ClN6O2/c1-30(2)25(34)23-27-13-14-31(23)18-10-7-16(8-11-18)22-29-20-6-4-3-5-19(20)24(33)32(22)21-12-9-17(26)15-28-21/h3-15H,1-2H3. The summed E-state index contributed by atoms with van der Waals surface area (Å²) in [5.41, 5.74) is 1.83. The summed E-state index contributed by atoms with van der Waals surface area (Å²) in [6.07, 6.45) is 4.81. The van der Waals surface area contributed by atoms with Gasteiger partial charge < -0.3 is 4.90 Å². The predicted octanol–water partition coefficient (Wildman–Crippen LogP) is 3.99. The minimum atomic E-state index is -0.229. The molecular weight excluding hydrogens is 452 g/mol. The van der Waals surface area contributed by atoms with Crippen LogP contribution in [0.15, 0.2) is 84.0 Å². The zero-order valence-electron chi connectivity index (χ0n) is 18.4. The van der Waals surface area contributed by atoms with E-state index < -0.39 is 0 Å². The minimum Gasteiger partial charge on any atom is -0.342 e. The van der Waals surface area contributed by atoms with Gasteiger partial charge in [-0.15, -0.1) is 0 Å². The van der Waals surface area contributed by atoms with Gasteiger partial charge in [-0.25, -0.2) is 19.5 Å². The number of amides is 1. The highest BCUT2D eigenvalue weighted by Gasteiger charge is 2.18. The van der Waals surface area contributed by atoms with Crippen LogP contribution in [0.1, 0.15) is 10.6 Å². The molecule has 0 unspecified atom stereocenters. The van der Waals surface area contributed by atoms with Crippen LogP contribution in [0.25, 0.3) is 33.8 Å². The molecule has 9 heteroatoms. The van der Waals surface area contributed by atoms with Crippen LogP contribution in [-0.2, 0) is 0 Å². The van der Waals surface area contributed by atoms with E-state index >= 15 is 0 Å². The maximum absolute atomic E-state index is 13.4. The van der Waals surface area contributed by atoms with Gasteiger partial charge in [0.1, 0.15) is 11.6 Å². The SMILES string of the molecule is CN(C)C(=O)c1nccn1-c1ccc(-c2nc3ccccc3c(=O)n2-c2ccc(Cl)cn2)cc1. The maximum Gasteiger partial charge on any atom is 0.289 e. The lowest BCUT2D eigenvalue weighted by Crippen LogP contribution is -2.25. The van der Waals surface area contributed by atoms with Crippen molar-refractivity contribution in [1.82, 2.24) is 29.0 Å². The fourth-order valence-electron chi connectivity index (χ4n) is 3.68. The Bertz CT molecular complexity index is 1570. The number of benzene rings is 2. The van der Waals surface area contributed by atoms with Gasteiger partial charge in [-0.05, 0) is 48.5 Å². The van der Waals surface area contributed by atoms with E-state index in [0.717, 1.165) is 5.69 Å². The molecule has 3 heterocycles. The fraction of sp³-hybridized carbons (Fsp3) is 0.0800. The van der Waals surface area contributed by atoms with Crippen molar-refractivity contribution in [3.63, 3.8) is 0 Å². The molecule has 8 nitrogen and oxygen atoms in total. The van der Waals surface area contributed by atoms with Crippen molar-refractivity contribution in [3.8, 4) is 22.9 Å². The van der Waals surface area contributed by atoms with Crippen LogP contribution in [0.2, 0.25) is 5.02 Å². The molecule has 0 bridgehead atoms. The average molecular weight is 471 g/mol. The monoisotopic (exact) mass is 470 g/mol. The Morgan fingerprint density at radius 1 is 0.971 bits per heavy atom. The van der Waals surface area contributed by atoms with Gasteiger partial charge in [-0.2, -0.15) is 0 Å². The largest absolute Gasteiger partial charge is 0.342 e. The summed E-state index contributed by atoms with van der Waals surface area (Å²) in [5.74, 6) is 0.970. The van der Waals surface area contributed by atoms with Crippen molar-refractivity contribution < 1.29 is 4.79 Å². The second-order valence-corrected chi connectivity index (χ2v) is 8.23. The molecule has 0 fully saturated rings. The number of pyridine rings is 1. The molecule has 0 aliphatic rings. The molecule has 2 aromatic carbocycles. The number of carbonyl (C=O) groups is 1. The molecule has 0 saturated carbocycles. The van der Waals surface area contributed by atoms with Gasteiger partial charge in [-0.3, -0.25) is 14.2 Å². The number of nitrogens with zero attached hydrogens (tertiary/aromatic N) is 6. The van der Waals surface area contributed by atoms with E-state index in [9.17, 15) is 9.59 Å². The molecule has 34 heavy (non-hydrogen) atoms. The highest BCUT2D eigenvalue weighted by atomic mass is 35.5. The van der Waals surface area contributed by atoms with E-state index in [4.69, 9.17) is 16.6 Å². The van der Waals surface area contributed by atoms with Crippen molar-refractivity contribution >= 4 is 28.4 Å². The molecule has 0 atom stereocenters. The van der Waals surface area contributed by atoms with Gasteiger partial charge in [-0.1, -0.05) is 23.7 Å². The van der Waals surface area contributed by atoms with E-state index in [2.05, 4.69) is 9.97 Å². The van der Waals surface area contributed by atoms with Gasteiger partial charge in [0.05, 0.1) is 15.9 Å². The van der Waals surface area contributed by atoms with Crippen LogP contribution in [0.5, 0.6) is 0 Å². The first-order valence-corrected chi connectivity index (χ1v) is 10.8. The molecule has 0 aliphatic heterocycles. The number of carbonyl (C=O) groups excluding carboxylic acids is 1. The Morgan fingerprint density at radius 3 is 2.44 bits per heavy atom. The number of hydrogen-bond donors (Lipinski definition) is 0. The van der Waals surface area contributed by atoms with Gasteiger partial charge in [0.2, 0.25) is 5.82 Å². The Labute approximate surface area is 199 Å². The van der Waals surface area contributed by atoms with Gasteiger partial charge in [0.25, 0.3) is 11.5 Å². The number of para-hydroxylation sites is 1. The summed E-state index contributed by atoms with van der Waals surface area (Å²) in [6.45, 7) is 0. The third-order valence-corrected chi connectivity index (χ3v) is 5.58. The Morgan fingerprint density at radius 2 is 1.74 bits per heavy atom. The van der Waals surface area contributed by atoms with Crippen LogP contribution < -0.4 is 5.56 Å². The summed E-state index contributed by atoms with van der Waals surface area (Å²) >= 11 is 6.01. The van der Waals surface area contributed by atoms with Crippen LogP contribution in [0.4, 0.5) is 0 Å². The van der Waals surface area contributed by atoms with E-state index in [1.165, 1.54) is 15.7 Å². The van der Waals surface area contributed by atoms with Crippen LogP contribution in [0.3, 0.4) is 0 Å². The Hall–Kier alpha value is -4.30. The zero-order valence-corrected chi connectivity index (χ0v) is 19.1. The van der Waals surface area contributed by atoms with Gasteiger partial charge >= 0.3 is 0 Å². The smallest absolute Gasteiger partial charge is 0.289 e. The molecule has 0 aliphatic carbocycles. The summed E-state index contributed by atoms with van der Waals surface area (Å²) in [6, 6.07) is 18.0. The first-order chi connectivity index (χ1) is 16.4. The lowest BCUT2D eigenvalue weighted by atomic mass is 10.1. The first-order valence-electron chi connectivity index (χ1n) is 10.4. The summed E-state index contributed by atoms with van der Waals surface area (Å²) < 4.78 is 3.19. The topological polar surface area (TPSA) is 85.9 Å². The number of rotatable bonds is 4. The highest BCUT2D eigenvalue weighted by Crippen LogP contribution is 2.24. The number of imidazole rings is 1. The van der Waals surface area contributed by atoms with E-state index in [1.54, 1.807) is 61.4 Å². The highest BCUT2D eigenvalue weighted by molar-refractivity contribution is 6.30. The number of fused-ring (bicyclic) bond motifs is 1. The van der Waals surface area contributed by atoms with Gasteiger partial charge in [0, 0.05) is 43.9 Å². The summed E-state index contributed by atoms with van der Waals surface area (Å²) in [7, 11) is 3.36. The molecule has 1 amide bonds. The van der Waals surface area contributed by atoms with Crippen molar-refractivity contribution in [3.05, 3.63) is 100 Å². The van der Waals surface area contributed by atoms with Crippen LogP contribution in [0, 0.1) is 0 Å². The van der Waals surface area contributed by atoms with E-state index in [0.29, 0.717) is 39.0 Å². The van der Waals surface area contributed by atoms with Crippen molar-refractivity contribution in [1.29, 1.82) is 0 Å². The Balaban J connectivity index is 1.66. The second kappa shape index (κ2) is 8.57. The third-order valence-electron chi connectivity index (χ3n) is 5.36. The summed E-state index contributed by atoms with van der Waals surface area (Å²) in [5, 5.41) is 0.963. The molecular formula is C25H19ClN6O2. The molecule has 0 radical (unpaired) electrons. The van der Waals surface area contributed by atoms with Crippen molar-refractivity contribution in [2.45, 2.75) is 0 Å². The normalized spacial score (nSPS) is 11.0. The quantitative estimate of drug-likeness (QED) is 0.396. The average Bonchev–Trinajstić information content (AvgIpc) is 3.34. The molecule has 5 aromatic rings. The first kappa shape index (κ1) is 21.5. The lowest BCUT2D eigenvalue weighted by molar-refractivity contribution is 0.0814. The van der Waals surface area contributed by atoms with Crippen LogP contribution >= 0.6 is 11.6 Å². The number of aromatic nitrogens is 5. The number of hydrogen-bond acceptors (Lipinski definition) is 5. The zero-order chi connectivity index (χ0) is 23.8. The van der Waals surface area contributed by atoms with Gasteiger partial charge in [0.15, 0.2) is 0 Å². The fourth-order valence-corrected chi connectivity index (χ4v) is 3.79. The molecule has 0 saturated heterocycles. The second-order valence-electron chi connectivity index (χ2n) is 7.80.